The first kappa shape index (κ1) is 21.8. The molecular formula is C24H19N5O6. The van der Waals surface area contributed by atoms with E-state index >= 15 is 0 Å². The van der Waals surface area contributed by atoms with Crippen LogP contribution in [0.25, 0.3) is 11.3 Å². The molecule has 4 N–H and O–H groups in total. The van der Waals surface area contributed by atoms with Gasteiger partial charge in [-0.1, -0.05) is 18.2 Å². The first-order valence-corrected chi connectivity index (χ1v) is 10.4. The van der Waals surface area contributed by atoms with Gasteiger partial charge in [-0.15, -0.1) is 5.10 Å². The minimum Gasteiger partial charge on any atom is -0.493 e. The number of para-hydroxylation sites is 1. The average molecular weight is 473 g/mol. The quantitative estimate of drug-likeness (QED) is 0.502. The Bertz CT molecular complexity index is 1470. The number of anilines is 1. The molecule has 3 heterocycles. The first-order chi connectivity index (χ1) is 16.9. The zero-order chi connectivity index (χ0) is 24.9. The van der Waals surface area contributed by atoms with E-state index < -0.39 is 23.8 Å². The van der Waals surface area contributed by atoms with Crippen molar-refractivity contribution in [2.45, 2.75) is 5.41 Å². The molecule has 35 heavy (non-hydrogen) atoms. The number of rotatable bonds is 5. The summed E-state index contributed by atoms with van der Waals surface area (Å²) < 4.78 is 16.4. The molecular weight excluding hydrogens is 454 g/mol. The topological polar surface area (TPSA) is 164 Å². The normalized spacial score (nSPS) is 18.1. The van der Waals surface area contributed by atoms with Crippen LogP contribution in [-0.2, 0) is 15.0 Å². The zero-order valence-corrected chi connectivity index (χ0v) is 18.7. The maximum Gasteiger partial charge on any atom is 0.323 e. The van der Waals surface area contributed by atoms with E-state index in [0.717, 1.165) is 4.90 Å². The maximum absolute atomic E-state index is 14.1. The van der Waals surface area contributed by atoms with Gasteiger partial charge in [0.05, 0.1) is 25.5 Å². The molecule has 1 atom stereocenters. The van der Waals surface area contributed by atoms with Crippen LogP contribution >= 0.6 is 0 Å². The predicted octanol–water partition coefficient (Wildman–Crippen LogP) is 1.90. The van der Waals surface area contributed by atoms with E-state index in [1.54, 1.807) is 42.5 Å². The lowest BCUT2D eigenvalue weighted by Gasteiger charge is -2.32. The summed E-state index contributed by atoms with van der Waals surface area (Å²) in [5, 5.41) is 26.8. The van der Waals surface area contributed by atoms with Crippen LogP contribution in [-0.4, -0.2) is 47.9 Å². The van der Waals surface area contributed by atoms with Crippen LogP contribution in [0.4, 0.5) is 5.69 Å². The predicted molar refractivity (Wildman–Crippen MR) is 122 cm³/mol. The van der Waals surface area contributed by atoms with Crippen LogP contribution in [0.5, 0.6) is 17.4 Å². The molecule has 11 nitrogen and oxygen atoms in total. The standard InChI is InChI=1S/C24H19N5O6/c1-33-16-8-7-12(9-17(16)34-2)20-19-22(28-27-20)35-21(26)14(10-25)24(19)13-5-3-4-6-15(13)29(23(24)32)11-18(30)31/h3-9H,11,26H2,1-2H3,(H,27,28)(H,30,31)/t24-/m0/s1. The van der Waals surface area contributed by atoms with Crippen LogP contribution in [0, 0.1) is 11.3 Å². The molecule has 2 aliphatic rings. The number of carbonyl (C=O) groups is 2. The second-order valence-electron chi connectivity index (χ2n) is 7.85. The fourth-order valence-corrected chi connectivity index (χ4v) is 4.78. The lowest BCUT2D eigenvalue weighted by molar-refractivity contribution is -0.136. The number of hydrogen-bond acceptors (Lipinski definition) is 8. The number of nitriles is 1. The number of ether oxygens (including phenoxy) is 3. The molecule has 5 rings (SSSR count). The maximum atomic E-state index is 14.1. The van der Waals surface area contributed by atoms with E-state index in [2.05, 4.69) is 10.2 Å². The lowest BCUT2D eigenvalue weighted by atomic mass is 9.68. The fourth-order valence-electron chi connectivity index (χ4n) is 4.78. The number of carbonyl (C=O) groups excluding carboxylic acids is 1. The molecule has 1 aromatic heterocycles. The average Bonchev–Trinajstić information content (AvgIpc) is 3.38. The second kappa shape index (κ2) is 7.81. The molecule has 0 fully saturated rings. The zero-order valence-electron chi connectivity index (χ0n) is 18.7. The Morgan fingerprint density at radius 2 is 2.00 bits per heavy atom. The number of aromatic amines is 1. The SMILES string of the molecule is COc1ccc(-c2[nH]nc3c2[C@@]2(C(=O)N(CC(=O)O)c4ccccc42)C(C#N)=C(N)O3)cc1OC. The summed E-state index contributed by atoms with van der Waals surface area (Å²) in [6, 6.07) is 13.8. The molecule has 176 valence electrons. The summed E-state index contributed by atoms with van der Waals surface area (Å²) in [5.74, 6) is -1.21. The lowest BCUT2D eigenvalue weighted by Crippen LogP contribution is -2.47. The Hall–Kier alpha value is -4.98. The van der Waals surface area contributed by atoms with Gasteiger partial charge in [-0.05, 0) is 24.3 Å². The van der Waals surface area contributed by atoms with Crippen LogP contribution < -0.4 is 24.8 Å². The van der Waals surface area contributed by atoms with Gasteiger partial charge in [-0.3, -0.25) is 19.6 Å². The number of methoxy groups -OCH3 is 2. The number of hydrogen-bond donors (Lipinski definition) is 3. The van der Waals surface area contributed by atoms with Crippen molar-refractivity contribution in [3.05, 3.63) is 65.0 Å². The number of nitrogens with zero attached hydrogens (tertiary/aromatic N) is 3. The number of carboxylic acids is 1. The molecule has 0 unspecified atom stereocenters. The van der Waals surface area contributed by atoms with Gasteiger partial charge in [0.15, 0.2) is 11.5 Å². The highest BCUT2D eigenvalue weighted by Gasteiger charge is 2.61. The molecule has 11 heteroatoms. The summed E-state index contributed by atoms with van der Waals surface area (Å²) in [4.78, 5) is 26.9. The third-order valence-corrected chi connectivity index (χ3v) is 6.18. The van der Waals surface area contributed by atoms with Gasteiger partial charge < -0.3 is 25.1 Å². The molecule has 0 aliphatic carbocycles. The van der Waals surface area contributed by atoms with Gasteiger partial charge in [-0.2, -0.15) is 5.26 Å². The Morgan fingerprint density at radius 3 is 2.69 bits per heavy atom. The van der Waals surface area contributed by atoms with E-state index in [4.69, 9.17) is 19.9 Å². The summed E-state index contributed by atoms with van der Waals surface area (Å²) in [7, 11) is 3.00. The molecule has 0 saturated carbocycles. The molecule has 0 bridgehead atoms. The number of H-pyrrole nitrogens is 1. The monoisotopic (exact) mass is 473 g/mol. The molecule has 1 amide bonds. The summed E-state index contributed by atoms with van der Waals surface area (Å²) in [6.07, 6.45) is 0. The summed E-state index contributed by atoms with van der Waals surface area (Å²) in [6.45, 7) is -0.601. The van der Waals surface area contributed by atoms with Gasteiger partial charge in [0.1, 0.15) is 23.6 Å². The number of aromatic nitrogens is 2. The van der Waals surface area contributed by atoms with Crippen molar-refractivity contribution in [2.24, 2.45) is 5.73 Å². The van der Waals surface area contributed by atoms with Gasteiger partial charge >= 0.3 is 5.97 Å². The molecule has 0 radical (unpaired) electrons. The smallest absolute Gasteiger partial charge is 0.323 e. The van der Waals surface area contributed by atoms with E-state index in [9.17, 15) is 20.0 Å². The van der Waals surface area contributed by atoms with E-state index in [-0.39, 0.29) is 22.9 Å². The van der Waals surface area contributed by atoms with Crippen molar-refractivity contribution in [3.63, 3.8) is 0 Å². The molecule has 2 aromatic carbocycles. The van der Waals surface area contributed by atoms with Crippen LogP contribution in [0.3, 0.4) is 0 Å². The van der Waals surface area contributed by atoms with Crippen molar-refractivity contribution >= 4 is 17.6 Å². The Labute approximate surface area is 198 Å². The second-order valence-corrected chi connectivity index (χ2v) is 7.85. The Balaban J connectivity index is 1.85. The largest absolute Gasteiger partial charge is 0.493 e. The number of carboxylic acid groups (broad SMARTS) is 1. The fraction of sp³-hybridized carbons (Fsp3) is 0.167. The number of nitrogens with two attached hydrogens (primary N) is 1. The van der Waals surface area contributed by atoms with Crippen molar-refractivity contribution in [1.82, 2.24) is 10.2 Å². The third-order valence-electron chi connectivity index (χ3n) is 6.18. The number of benzene rings is 2. The van der Waals surface area contributed by atoms with Crippen molar-refractivity contribution in [3.8, 4) is 34.7 Å². The van der Waals surface area contributed by atoms with Gasteiger partial charge in [0.25, 0.3) is 0 Å². The van der Waals surface area contributed by atoms with Crippen LogP contribution in [0.15, 0.2) is 53.9 Å². The van der Waals surface area contributed by atoms with Gasteiger partial charge in [0.2, 0.25) is 17.7 Å². The number of amides is 1. The Kier molecular flexibility index (Phi) is 4.87. The third kappa shape index (κ3) is 2.86. The minimum atomic E-state index is -1.77. The number of fused-ring (bicyclic) bond motifs is 4. The van der Waals surface area contributed by atoms with Crippen molar-refractivity contribution in [2.75, 3.05) is 25.7 Å². The van der Waals surface area contributed by atoms with Gasteiger partial charge in [-0.25, -0.2) is 0 Å². The number of nitrogens with one attached hydrogen (secondary N) is 1. The van der Waals surface area contributed by atoms with Gasteiger partial charge in [0, 0.05) is 16.8 Å². The highest BCUT2D eigenvalue weighted by molar-refractivity contribution is 6.16. The Morgan fingerprint density at radius 1 is 1.26 bits per heavy atom. The van der Waals surface area contributed by atoms with E-state index in [1.807, 2.05) is 6.07 Å². The number of aliphatic carboxylic acids is 1. The van der Waals surface area contributed by atoms with Crippen molar-refractivity contribution < 1.29 is 28.9 Å². The highest BCUT2D eigenvalue weighted by atomic mass is 16.5. The van der Waals surface area contributed by atoms with Crippen molar-refractivity contribution in [1.29, 1.82) is 5.26 Å². The minimum absolute atomic E-state index is 0.00612. The molecule has 0 saturated heterocycles. The van der Waals surface area contributed by atoms with Crippen LogP contribution in [0.2, 0.25) is 0 Å². The van der Waals surface area contributed by atoms with Crippen LogP contribution in [0.1, 0.15) is 11.1 Å². The molecule has 1 spiro atoms. The highest BCUT2D eigenvalue weighted by Crippen LogP contribution is 2.57. The van der Waals surface area contributed by atoms with E-state index in [1.165, 1.54) is 14.2 Å². The molecule has 3 aromatic rings. The van der Waals surface area contributed by atoms with E-state index in [0.29, 0.717) is 34.0 Å². The first-order valence-electron chi connectivity index (χ1n) is 10.4. The summed E-state index contributed by atoms with van der Waals surface area (Å²) >= 11 is 0. The molecule has 2 aliphatic heterocycles. The summed E-state index contributed by atoms with van der Waals surface area (Å²) in [5.41, 5.74) is 6.14.